The third-order valence-corrected chi connectivity index (χ3v) is 3.63. The first-order chi connectivity index (χ1) is 11.6. The highest BCUT2D eigenvalue weighted by atomic mass is 19.1. The largest absolute Gasteiger partial charge is 0.465 e. The highest BCUT2D eigenvalue weighted by Gasteiger charge is 2.25. The number of nitrogens with zero attached hydrogens (tertiary/aromatic N) is 1. The zero-order valence-corrected chi connectivity index (χ0v) is 12.4. The molecule has 3 rings (SSSR count). The summed E-state index contributed by atoms with van der Waals surface area (Å²) in [5, 5.41) is 12.0. The molecule has 24 heavy (non-hydrogen) atoms. The van der Waals surface area contributed by atoms with Gasteiger partial charge in [-0.25, -0.2) is 9.18 Å². The Morgan fingerprint density at radius 3 is 2.46 bits per heavy atom. The van der Waals surface area contributed by atoms with E-state index in [1.54, 1.807) is 24.4 Å². The number of ketones is 1. The summed E-state index contributed by atoms with van der Waals surface area (Å²) >= 11 is 0. The molecule has 1 atom stereocenters. The van der Waals surface area contributed by atoms with Crippen LogP contribution in [-0.2, 0) is 0 Å². The Balaban J connectivity index is 2.08. The van der Waals surface area contributed by atoms with Crippen LogP contribution in [0.1, 0.15) is 22.0 Å². The Morgan fingerprint density at radius 1 is 1.04 bits per heavy atom. The van der Waals surface area contributed by atoms with Gasteiger partial charge in [0.25, 0.3) is 0 Å². The minimum absolute atomic E-state index is 0.302. The number of carbonyl (C=O) groups is 2. The molecule has 0 fully saturated rings. The lowest BCUT2D eigenvalue weighted by molar-refractivity contribution is 0.0938. The van der Waals surface area contributed by atoms with E-state index in [0.29, 0.717) is 16.6 Å². The molecule has 0 spiro atoms. The molecule has 0 aliphatic rings. The van der Waals surface area contributed by atoms with Crippen LogP contribution in [0.15, 0.2) is 60.8 Å². The van der Waals surface area contributed by atoms with Gasteiger partial charge in [-0.05, 0) is 29.8 Å². The highest BCUT2D eigenvalue weighted by Crippen LogP contribution is 2.24. The minimum Gasteiger partial charge on any atom is -0.465 e. The van der Waals surface area contributed by atoms with Crippen molar-refractivity contribution in [1.29, 1.82) is 0 Å². The fourth-order valence-electron chi connectivity index (χ4n) is 2.54. The van der Waals surface area contributed by atoms with E-state index in [2.05, 4.69) is 10.3 Å². The zero-order chi connectivity index (χ0) is 17.1. The number of carboxylic acid groups (broad SMARTS) is 1. The van der Waals surface area contributed by atoms with E-state index in [1.165, 1.54) is 24.3 Å². The number of hydrogen-bond acceptors (Lipinski definition) is 3. The molecule has 2 N–H and O–H groups in total. The summed E-state index contributed by atoms with van der Waals surface area (Å²) < 4.78 is 13.1. The molecule has 0 aliphatic heterocycles. The fraction of sp³-hybridized carbons (Fsp3) is 0.0556. The maximum absolute atomic E-state index is 13.1. The van der Waals surface area contributed by atoms with Crippen molar-refractivity contribution in [2.24, 2.45) is 0 Å². The van der Waals surface area contributed by atoms with Gasteiger partial charge >= 0.3 is 6.09 Å². The Labute approximate surface area is 136 Å². The van der Waals surface area contributed by atoms with E-state index in [-0.39, 0.29) is 0 Å². The number of halogens is 1. The molecule has 2 aromatic carbocycles. The number of para-hydroxylation sites is 1. The van der Waals surface area contributed by atoms with Crippen LogP contribution in [0.4, 0.5) is 9.18 Å². The van der Waals surface area contributed by atoms with Crippen molar-refractivity contribution < 1.29 is 19.1 Å². The molecule has 0 saturated carbocycles. The number of carbonyl (C=O) groups excluding carboxylic acids is 1. The van der Waals surface area contributed by atoms with E-state index in [1.807, 2.05) is 12.1 Å². The van der Waals surface area contributed by atoms with Crippen molar-refractivity contribution in [2.75, 3.05) is 0 Å². The lowest BCUT2D eigenvalue weighted by Gasteiger charge is -2.17. The third kappa shape index (κ3) is 3.08. The van der Waals surface area contributed by atoms with E-state index >= 15 is 0 Å². The van der Waals surface area contributed by atoms with E-state index in [0.717, 1.165) is 5.39 Å². The van der Waals surface area contributed by atoms with Crippen LogP contribution in [0, 0.1) is 5.82 Å². The van der Waals surface area contributed by atoms with Gasteiger partial charge in [0.15, 0.2) is 5.78 Å². The van der Waals surface area contributed by atoms with Crippen LogP contribution in [0.25, 0.3) is 10.9 Å². The van der Waals surface area contributed by atoms with Gasteiger partial charge < -0.3 is 10.4 Å². The van der Waals surface area contributed by atoms with Crippen LogP contribution >= 0.6 is 0 Å². The number of rotatable bonds is 4. The van der Waals surface area contributed by atoms with Crippen molar-refractivity contribution >= 4 is 22.8 Å². The van der Waals surface area contributed by atoms with Crippen molar-refractivity contribution in [3.8, 4) is 0 Å². The number of amides is 1. The summed E-state index contributed by atoms with van der Waals surface area (Å²) in [5.41, 5.74) is 1.15. The van der Waals surface area contributed by atoms with Gasteiger partial charge in [0, 0.05) is 17.1 Å². The van der Waals surface area contributed by atoms with Crippen LogP contribution in [0.2, 0.25) is 0 Å². The quantitative estimate of drug-likeness (QED) is 0.719. The molecular formula is C18H13FN2O3. The number of Topliss-reactive ketones (excluding diaryl/α,β-unsaturated/α-hetero) is 1. The number of benzene rings is 2. The number of pyridine rings is 1. The number of nitrogens with one attached hydrogen (secondary N) is 1. The molecule has 6 heteroatoms. The van der Waals surface area contributed by atoms with Crippen molar-refractivity contribution in [1.82, 2.24) is 10.3 Å². The summed E-state index contributed by atoms with van der Waals surface area (Å²) in [6.07, 6.45) is 0.224. The average Bonchev–Trinajstić information content (AvgIpc) is 2.59. The molecule has 0 radical (unpaired) electrons. The Morgan fingerprint density at radius 2 is 1.75 bits per heavy atom. The second-order valence-electron chi connectivity index (χ2n) is 5.18. The molecule has 3 aromatic rings. The molecule has 0 aliphatic carbocycles. The van der Waals surface area contributed by atoms with Crippen LogP contribution in [-0.4, -0.2) is 22.0 Å². The Hall–Kier alpha value is -3.28. The Bertz CT molecular complexity index is 904. The predicted molar refractivity (Wildman–Crippen MR) is 86.4 cm³/mol. The number of fused-ring (bicyclic) bond motifs is 1. The summed E-state index contributed by atoms with van der Waals surface area (Å²) in [6, 6.07) is 12.7. The van der Waals surface area contributed by atoms with Crippen LogP contribution in [0.3, 0.4) is 0 Å². The molecule has 1 aromatic heterocycles. The number of aromatic nitrogens is 1. The van der Waals surface area contributed by atoms with E-state index in [9.17, 15) is 14.0 Å². The van der Waals surface area contributed by atoms with Crippen LogP contribution in [0.5, 0.6) is 0 Å². The molecule has 5 nitrogen and oxygen atoms in total. The third-order valence-electron chi connectivity index (χ3n) is 3.63. The maximum atomic E-state index is 13.1. The molecule has 1 heterocycles. The molecule has 0 saturated heterocycles. The van der Waals surface area contributed by atoms with Gasteiger partial charge in [0.05, 0.1) is 5.52 Å². The average molecular weight is 324 g/mol. The molecule has 1 unspecified atom stereocenters. The van der Waals surface area contributed by atoms with Gasteiger partial charge in [0.1, 0.15) is 11.9 Å². The van der Waals surface area contributed by atoms with Gasteiger partial charge in [0.2, 0.25) is 0 Å². The predicted octanol–water partition coefficient (Wildman–Crippen LogP) is 3.57. The summed E-state index contributed by atoms with van der Waals surface area (Å²) in [6.45, 7) is 0. The van der Waals surface area contributed by atoms with Gasteiger partial charge in [-0.3, -0.25) is 9.78 Å². The standard InChI is InChI=1S/C18H13FN2O3/c19-13-8-6-12(7-9-13)16(21-18(23)24)17(22)14-5-1-3-11-4-2-10-20-15(11)14/h1-10,16,21H,(H,23,24). The second kappa shape index (κ2) is 6.45. The molecule has 0 bridgehead atoms. The van der Waals surface area contributed by atoms with E-state index in [4.69, 9.17) is 5.11 Å². The normalized spacial score (nSPS) is 11.9. The summed E-state index contributed by atoms with van der Waals surface area (Å²) in [5.74, 6) is -0.916. The fourth-order valence-corrected chi connectivity index (χ4v) is 2.54. The molecular weight excluding hydrogens is 311 g/mol. The summed E-state index contributed by atoms with van der Waals surface area (Å²) in [4.78, 5) is 28.2. The van der Waals surface area contributed by atoms with Gasteiger partial charge in [-0.2, -0.15) is 0 Å². The van der Waals surface area contributed by atoms with Crippen LogP contribution < -0.4 is 5.32 Å². The van der Waals surface area contributed by atoms with E-state index < -0.39 is 23.7 Å². The lowest BCUT2D eigenvalue weighted by Crippen LogP contribution is -2.33. The lowest BCUT2D eigenvalue weighted by atomic mass is 9.95. The minimum atomic E-state index is -1.34. The molecule has 1 amide bonds. The van der Waals surface area contributed by atoms with Crippen molar-refractivity contribution in [3.63, 3.8) is 0 Å². The maximum Gasteiger partial charge on any atom is 0.405 e. The topological polar surface area (TPSA) is 79.3 Å². The Kier molecular flexibility index (Phi) is 4.20. The van der Waals surface area contributed by atoms with Crippen molar-refractivity contribution in [3.05, 3.63) is 77.7 Å². The zero-order valence-electron chi connectivity index (χ0n) is 12.4. The highest BCUT2D eigenvalue weighted by molar-refractivity contribution is 6.10. The first-order valence-electron chi connectivity index (χ1n) is 7.19. The number of hydrogen-bond donors (Lipinski definition) is 2. The first kappa shape index (κ1) is 15.6. The smallest absolute Gasteiger partial charge is 0.405 e. The first-order valence-corrected chi connectivity index (χ1v) is 7.19. The summed E-state index contributed by atoms with van der Waals surface area (Å²) in [7, 11) is 0. The van der Waals surface area contributed by atoms with Gasteiger partial charge in [-0.1, -0.05) is 30.3 Å². The van der Waals surface area contributed by atoms with Crippen molar-refractivity contribution in [2.45, 2.75) is 6.04 Å². The SMILES string of the molecule is O=C(O)NC(C(=O)c1cccc2cccnc12)c1ccc(F)cc1. The monoisotopic (exact) mass is 324 g/mol. The van der Waals surface area contributed by atoms with Gasteiger partial charge in [-0.15, -0.1) is 0 Å². The molecule has 120 valence electrons. The second-order valence-corrected chi connectivity index (χ2v) is 5.18.